The van der Waals surface area contributed by atoms with Gasteiger partial charge in [0.05, 0.1) is 10.6 Å². The molecule has 0 bridgehead atoms. The summed E-state index contributed by atoms with van der Waals surface area (Å²) in [6.45, 7) is 0. The Morgan fingerprint density at radius 2 is 1.57 bits per heavy atom. The van der Waals surface area contributed by atoms with Gasteiger partial charge in [-0.3, -0.25) is 4.72 Å². The normalized spacial score (nSPS) is 13.4. The number of halogens is 1. The van der Waals surface area contributed by atoms with Crippen molar-refractivity contribution in [3.05, 3.63) is 70.7 Å². The zero-order valence-corrected chi connectivity index (χ0v) is 13.8. The van der Waals surface area contributed by atoms with Gasteiger partial charge in [-0.1, -0.05) is 35.9 Å². The third-order valence-corrected chi connectivity index (χ3v) is 5.88. The lowest BCUT2D eigenvalue weighted by molar-refractivity contribution is 0.601. The molecular formula is C18H14ClNO2S. The number of rotatable bonds is 3. The molecule has 0 atom stereocenters. The van der Waals surface area contributed by atoms with Crippen molar-refractivity contribution < 1.29 is 8.42 Å². The van der Waals surface area contributed by atoms with E-state index in [1.54, 1.807) is 12.1 Å². The van der Waals surface area contributed by atoms with Crippen LogP contribution in [0.25, 0.3) is 10.8 Å². The fourth-order valence-corrected chi connectivity index (χ4v) is 4.36. The van der Waals surface area contributed by atoms with Gasteiger partial charge in [0.25, 0.3) is 10.0 Å². The van der Waals surface area contributed by atoms with E-state index in [2.05, 4.69) is 10.8 Å². The summed E-state index contributed by atoms with van der Waals surface area (Å²) in [4.78, 5) is 0.199. The second-order valence-corrected chi connectivity index (χ2v) is 7.79. The number of sulfonamides is 1. The molecule has 23 heavy (non-hydrogen) atoms. The number of anilines is 1. The van der Waals surface area contributed by atoms with Gasteiger partial charge < -0.3 is 0 Å². The molecule has 0 amide bonds. The summed E-state index contributed by atoms with van der Waals surface area (Å²) >= 11 is 5.83. The molecule has 3 nitrogen and oxygen atoms in total. The van der Waals surface area contributed by atoms with Gasteiger partial charge in [-0.15, -0.1) is 0 Å². The fraction of sp³-hybridized carbons (Fsp3) is 0.111. The largest absolute Gasteiger partial charge is 0.279 e. The van der Waals surface area contributed by atoms with Crippen molar-refractivity contribution in [2.45, 2.75) is 17.7 Å². The quantitative estimate of drug-likeness (QED) is 0.766. The Morgan fingerprint density at radius 1 is 0.870 bits per heavy atom. The Labute approximate surface area is 140 Å². The lowest BCUT2D eigenvalue weighted by Gasteiger charge is -2.12. The summed E-state index contributed by atoms with van der Waals surface area (Å²) in [5, 5.41) is 2.65. The average Bonchev–Trinajstić information content (AvgIpc) is 2.95. The Kier molecular flexibility index (Phi) is 3.32. The van der Waals surface area contributed by atoms with Crippen LogP contribution in [0, 0.1) is 0 Å². The molecule has 5 heteroatoms. The molecule has 4 rings (SSSR count). The van der Waals surface area contributed by atoms with Crippen LogP contribution >= 0.6 is 11.6 Å². The molecule has 1 N–H and O–H groups in total. The standard InChI is InChI=1S/C18H14ClNO2S/c19-14-7-9-15(10-8-14)23(21,22)20-17-11-6-13-5-4-12-2-1-3-16(17)18(12)13/h1-3,6-11,20H,4-5H2. The van der Waals surface area contributed by atoms with Crippen molar-refractivity contribution in [2.24, 2.45) is 0 Å². The summed E-state index contributed by atoms with van der Waals surface area (Å²) in [5.74, 6) is 0. The zero-order chi connectivity index (χ0) is 16.0. The molecule has 0 saturated carbocycles. The molecule has 1 aliphatic rings. The van der Waals surface area contributed by atoms with Crippen molar-refractivity contribution in [1.29, 1.82) is 0 Å². The minimum absolute atomic E-state index is 0.199. The van der Waals surface area contributed by atoms with Crippen LogP contribution in [0.15, 0.2) is 59.5 Å². The third kappa shape index (κ3) is 2.48. The summed E-state index contributed by atoms with van der Waals surface area (Å²) < 4.78 is 27.9. The molecule has 0 heterocycles. The highest BCUT2D eigenvalue weighted by Gasteiger charge is 2.19. The number of hydrogen-bond acceptors (Lipinski definition) is 2. The van der Waals surface area contributed by atoms with Crippen molar-refractivity contribution in [1.82, 2.24) is 0 Å². The lowest BCUT2D eigenvalue weighted by Crippen LogP contribution is -2.13. The van der Waals surface area contributed by atoms with Gasteiger partial charge in [-0.05, 0) is 59.7 Å². The predicted molar refractivity (Wildman–Crippen MR) is 93.6 cm³/mol. The van der Waals surface area contributed by atoms with E-state index in [1.807, 2.05) is 24.3 Å². The fourth-order valence-electron chi connectivity index (χ4n) is 3.15. The number of nitrogens with one attached hydrogen (secondary N) is 1. The molecule has 0 spiro atoms. The topological polar surface area (TPSA) is 46.2 Å². The van der Waals surface area contributed by atoms with Crippen LogP contribution in [0.2, 0.25) is 5.02 Å². The maximum Gasteiger partial charge on any atom is 0.261 e. The van der Waals surface area contributed by atoms with Crippen LogP contribution in [-0.2, 0) is 22.9 Å². The van der Waals surface area contributed by atoms with Crippen LogP contribution in [0.1, 0.15) is 11.1 Å². The minimum Gasteiger partial charge on any atom is -0.279 e. The highest BCUT2D eigenvalue weighted by molar-refractivity contribution is 7.92. The molecule has 0 unspecified atom stereocenters. The summed E-state index contributed by atoms with van der Waals surface area (Å²) in [6, 6.07) is 16.1. The van der Waals surface area contributed by atoms with Gasteiger partial charge in [0.15, 0.2) is 0 Å². The molecule has 0 aromatic heterocycles. The van der Waals surface area contributed by atoms with E-state index in [1.165, 1.54) is 28.6 Å². The molecule has 0 saturated heterocycles. The molecule has 0 aliphatic heterocycles. The first kappa shape index (κ1) is 14.5. The highest BCUT2D eigenvalue weighted by atomic mass is 35.5. The first-order valence-electron chi connectivity index (χ1n) is 7.36. The van der Waals surface area contributed by atoms with Gasteiger partial charge in [0.2, 0.25) is 0 Å². The van der Waals surface area contributed by atoms with Gasteiger partial charge in [-0.2, -0.15) is 0 Å². The van der Waals surface area contributed by atoms with Crippen molar-refractivity contribution >= 4 is 38.1 Å². The molecular weight excluding hydrogens is 330 g/mol. The van der Waals surface area contributed by atoms with Gasteiger partial charge in [-0.25, -0.2) is 8.42 Å². The monoisotopic (exact) mass is 343 g/mol. The van der Waals surface area contributed by atoms with Crippen molar-refractivity contribution in [3.63, 3.8) is 0 Å². The number of hydrogen-bond donors (Lipinski definition) is 1. The van der Waals surface area contributed by atoms with E-state index in [0.717, 1.165) is 18.2 Å². The molecule has 3 aromatic carbocycles. The van der Waals surface area contributed by atoms with Crippen molar-refractivity contribution in [3.8, 4) is 0 Å². The van der Waals surface area contributed by atoms with E-state index >= 15 is 0 Å². The molecule has 3 aromatic rings. The van der Waals surface area contributed by atoms with Gasteiger partial charge in [0.1, 0.15) is 0 Å². The summed E-state index contributed by atoms with van der Waals surface area (Å²) in [7, 11) is -3.64. The smallest absolute Gasteiger partial charge is 0.261 e. The third-order valence-electron chi connectivity index (χ3n) is 4.25. The van der Waals surface area contributed by atoms with E-state index in [-0.39, 0.29) is 4.90 Å². The van der Waals surface area contributed by atoms with Crippen molar-refractivity contribution in [2.75, 3.05) is 4.72 Å². The number of benzene rings is 3. The van der Waals surface area contributed by atoms with Crippen LogP contribution in [0.3, 0.4) is 0 Å². The van der Waals surface area contributed by atoms with E-state index in [0.29, 0.717) is 10.7 Å². The van der Waals surface area contributed by atoms with E-state index < -0.39 is 10.0 Å². The van der Waals surface area contributed by atoms with Gasteiger partial charge in [0, 0.05) is 10.4 Å². The number of aryl methyl sites for hydroxylation is 2. The predicted octanol–water partition coefficient (Wildman–Crippen LogP) is 4.39. The molecule has 116 valence electrons. The Bertz CT molecular complexity index is 1000. The second-order valence-electron chi connectivity index (χ2n) is 5.67. The first-order valence-corrected chi connectivity index (χ1v) is 9.22. The molecule has 0 radical (unpaired) electrons. The van der Waals surface area contributed by atoms with E-state index in [4.69, 9.17) is 11.6 Å². The Morgan fingerprint density at radius 3 is 2.30 bits per heavy atom. The first-order chi connectivity index (χ1) is 11.0. The molecule has 0 fully saturated rings. The van der Waals surface area contributed by atoms with Crippen LogP contribution in [0.5, 0.6) is 0 Å². The maximum atomic E-state index is 12.6. The van der Waals surface area contributed by atoms with Crippen LogP contribution in [-0.4, -0.2) is 8.42 Å². The van der Waals surface area contributed by atoms with Gasteiger partial charge >= 0.3 is 0 Å². The molecule has 1 aliphatic carbocycles. The summed E-state index contributed by atoms with van der Waals surface area (Å²) in [5.41, 5.74) is 3.18. The summed E-state index contributed by atoms with van der Waals surface area (Å²) in [6.07, 6.45) is 2.03. The SMILES string of the molecule is O=S(=O)(Nc1ccc2c3c(cccc13)CC2)c1ccc(Cl)cc1. The highest BCUT2D eigenvalue weighted by Crippen LogP contribution is 2.35. The van der Waals surface area contributed by atoms with E-state index in [9.17, 15) is 8.42 Å². The zero-order valence-electron chi connectivity index (χ0n) is 12.2. The maximum absolute atomic E-state index is 12.6. The second kappa shape index (κ2) is 5.25. The Hall–Kier alpha value is -2.04. The minimum atomic E-state index is -3.64. The Balaban J connectivity index is 1.81. The lowest BCUT2D eigenvalue weighted by atomic mass is 10.0. The van der Waals surface area contributed by atoms with Crippen LogP contribution in [0.4, 0.5) is 5.69 Å². The van der Waals surface area contributed by atoms with Crippen LogP contribution < -0.4 is 4.72 Å². The average molecular weight is 344 g/mol.